The lowest BCUT2D eigenvalue weighted by Gasteiger charge is -2.35. The maximum atomic E-state index is 12.9. The van der Waals surface area contributed by atoms with E-state index < -0.39 is 6.04 Å². The Kier molecular flexibility index (Phi) is 7.11. The second-order valence-corrected chi connectivity index (χ2v) is 8.03. The first-order chi connectivity index (χ1) is 14.0. The third kappa shape index (κ3) is 5.27. The molecule has 0 radical (unpaired) electrons. The van der Waals surface area contributed by atoms with Gasteiger partial charge in [-0.25, -0.2) is 0 Å². The van der Waals surface area contributed by atoms with Gasteiger partial charge in [0, 0.05) is 38.1 Å². The third-order valence-corrected chi connectivity index (χ3v) is 5.90. The highest BCUT2D eigenvalue weighted by molar-refractivity contribution is 7.09. The van der Waals surface area contributed by atoms with E-state index in [9.17, 15) is 9.59 Å². The minimum Gasteiger partial charge on any atom is -0.493 e. The van der Waals surface area contributed by atoms with Gasteiger partial charge in [-0.15, -0.1) is 11.3 Å². The molecule has 1 N–H and O–H groups in total. The Bertz CT molecular complexity index is 840. The summed E-state index contributed by atoms with van der Waals surface area (Å²) in [6.45, 7) is 2.46. The number of methoxy groups -OCH3 is 2. The number of thiophene rings is 1. The van der Waals surface area contributed by atoms with Gasteiger partial charge >= 0.3 is 0 Å². The van der Waals surface area contributed by atoms with Crippen LogP contribution < -0.4 is 14.8 Å². The highest BCUT2D eigenvalue weighted by atomic mass is 32.1. The van der Waals surface area contributed by atoms with Crippen LogP contribution in [-0.2, 0) is 22.7 Å². The topological polar surface area (TPSA) is 71.1 Å². The third-order valence-electron chi connectivity index (χ3n) is 5.04. The van der Waals surface area contributed by atoms with Gasteiger partial charge in [-0.2, -0.15) is 0 Å². The second kappa shape index (κ2) is 9.76. The van der Waals surface area contributed by atoms with Crippen LogP contribution in [0.5, 0.6) is 11.5 Å². The lowest BCUT2D eigenvalue weighted by atomic mass is 10.1. The van der Waals surface area contributed by atoms with Crippen LogP contribution in [0.1, 0.15) is 16.9 Å². The van der Waals surface area contributed by atoms with Gasteiger partial charge < -0.3 is 19.7 Å². The predicted octanol–water partition coefficient (Wildman–Crippen LogP) is 2.11. The SMILES string of the molecule is COc1ccc(CN(C)C(=O)C[C@@H]2C(=O)NCCN2Cc2cccs2)cc1OC. The number of carbonyl (C=O) groups excluding carboxylic acids is 2. The minimum absolute atomic E-state index is 0.0713. The number of carbonyl (C=O) groups is 2. The zero-order valence-electron chi connectivity index (χ0n) is 17.0. The van der Waals surface area contributed by atoms with E-state index in [2.05, 4.69) is 16.3 Å². The lowest BCUT2D eigenvalue weighted by Crippen LogP contribution is -2.56. The lowest BCUT2D eigenvalue weighted by molar-refractivity contribution is -0.138. The molecule has 7 nitrogen and oxygen atoms in total. The number of amides is 2. The molecule has 1 saturated heterocycles. The van der Waals surface area contributed by atoms with Crippen LogP contribution in [0, 0.1) is 0 Å². The molecule has 29 heavy (non-hydrogen) atoms. The predicted molar refractivity (Wildman–Crippen MR) is 112 cm³/mol. The zero-order chi connectivity index (χ0) is 20.8. The molecule has 0 saturated carbocycles. The maximum Gasteiger partial charge on any atom is 0.237 e. The van der Waals surface area contributed by atoms with Gasteiger partial charge in [-0.1, -0.05) is 12.1 Å². The van der Waals surface area contributed by atoms with Crippen molar-refractivity contribution in [3.05, 3.63) is 46.2 Å². The molecule has 1 aliphatic heterocycles. The summed E-state index contributed by atoms with van der Waals surface area (Å²) in [5.41, 5.74) is 0.932. The fraction of sp³-hybridized carbons (Fsp3) is 0.429. The van der Waals surface area contributed by atoms with Crippen LogP contribution in [0.2, 0.25) is 0 Å². The van der Waals surface area contributed by atoms with Crippen molar-refractivity contribution < 1.29 is 19.1 Å². The summed E-state index contributed by atoms with van der Waals surface area (Å²) in [4.78, 5) is 30.2. The molecule has 0 bridgehead atoms. The number of nitrogens with one attached hydrogen (secondary N) is 1. The van der Waals surface area contributed by atoms with Crippen molar-refractivity contribution in [2.45, 2.75) is 25.6 Å². The minimum atomic E-state index is -0.453. The van der Waals surface area contributed by atoms with E-state index in [-0.39, 0.29) is 18.2 Å². The molecule has 0 spiro atoms. The second-order valence-electron chi connectivity index (χ2n) is 7.00. The first-order valence-corrected chi connectivity index (χ1v) is 10.4. The number of nitrogens with zero attached hydrogens (tertiary/aromatic N) is 2. The highest BCUT2D eigenvalue weighted by Crippen LogP contribution is 2.28. The van der Waals surface area contributed by atoms with Gasteiger partial charge in [-0.3, -0.25) is 14.5 Å². The molecule has 1 aromatic carbocycles. The Labute approximate surface area is 175 Å². The first kappa shape index (κ1) is 21.1. The van der Waals surface area contributed by atoms with Gasteiger partial charge in [0.05, 0.1) is 26.7 Å². The molecule has 0 unspecified atom stereocenters. The number of hydrogen-bond donors (Lipinski definition) is 1. The maximum absolute atomic E-state index is 12.9. The molecule has 0 aliphatic carbocycles. The Balaban J connectivity index is 1.64. The summed E-state index contributed by atoms with van der Waals surface area (Å²) in [5, 5.41) is 4.91. The van der Waals surface area contributed by atoms with Crippen molar-refractivity contribution in [2.75, 3.05) is 34.4 Å². The summed E-state index contributed by atoms with van der Waals surface area (Å²) in [5.74, 6) is 1.12. The number of benzene rings is 1. The van der Waals surface area contributed by atoms with Crippen LogP contribution in [0.3, 0.4) is 0 Å². The first-order valence-electron chi connectivity index (χ1n) is 9.51. The number of rotatable bonds is 8. The molecule has 1 aromatic heterocycles. The summed E-state index contributed by atoms with van der Waals surface area (Å²) >= 11 is 1.66. The van der Waals surface area contributed by atoms with Crippen LogP contribution in [0.15, 0.2) is 35.7 Å². The molecule has 2 aromatic rings. The van der Waals surface area contributed by atoms with Crippen LogP contribution >= 0.6 is 11.3 Å². The molecule has 156 valence electrons. The molecule has 2 amide bonds. The van der Waals surface area contributed by atoms with Crippen LogP contribution in [-0.4, -0.2) is 62.0 Å². The highest BCUT2D eigenvalue weighted by Gasteiger charge is 2.32. The Hall–Kier alpha value is -2.58. The zero-order valence-corrected chi connectivity index (χ0v) is 17.8. The molecule has 2 heterocycles. The van der Waals surface area contributed by atoms with Gasteiger partial charge in [0.2, 0.25) is 11.8 Å². The molecule has 1 atom stereocenters. The van der Waals surface area contributed by atoms with Crippen molar-refractivity contribution >= 4 is 23.2 Å². The normalized spacial score (nSPS) is 16.9. The van der Waals surface area contributed by atoms with Crippen molar-refractivity contribution in [1.29, 1.82) is 0 Å². The van der Waals surface area contributed by atoms with E-state index >= 15 is 0 Å². The van der Waals surface area contributed by atoms with Crippen LogP contribution in [0.4, 0.5) is 0 Å². The molecule has 1 aliphatic rings. The van der Waals surface area contributed by atoms with Crippen molar-refractivity contribution in [1.82, 2.24) is 15.1 Å². The Morgan fingerprint density at radius 3 is 2.76 bits per heavy atom. The molecule has 3 rings (SSSR count). The van der Waals surface area contributed by atoms with E-state index in [4.69, 9.17) is 9.47 Å². The molecule has 8 heteroatoms. The van der Waals surface area contributed by atoms with E-state index in [0.29, 0.717) is 31.1 Å². The van der Waals surface area contributed by atoms with E-state index in [0.717, 1.165) is 12.1 Å². The summed E-state index contributed by atoms with van der Waals surface area (Å²) in [6.07, 6.45) is 0.154. The number of ether oxygens (including phenoxy) is 2. The quantitative estimate of drug-likeness (QED) is 0.712. The van der Waals surface area contributed by atoms with E-state index in [1.165, 1.54) is 4.88 Å². The van der Waals surface area contributed by atoms with E-state index in [1.807, 2.05) is 29.6 Å². The van der Waals surface area contributed by atoms with Crippen molar-refractivity contribution in [3.63, 3.8) is 0 Å². The smallest absolute Gasteiger partial charge is 0.237 e. The average Bonchev–Trinajstić information content (AvgIpc) is 3.23. The standard InChI is InChI=1S/C21H27N3O4S/c1-23(13-15-6-7-18(27-2)19(11-15)28-3)20(25)12-17-21(26)22-8-9-24(17)14-16-5-4-10-29-16/h4-7,10-11,17H,8-9,12-14H2,1-3H3,(H,22,26)/t17-/m1/s1. The van der Waals surface area contributed by atoms with Gasteiger partial charge in [-0.05, 0) is 29.1 Å². The largest absolute Gasteiger partial charge is 0.493 e. The summed E-state index contributed by atoms with van der Waals surface area (Å²) < 4.78 is 10.6. The van der Waals surface area contributed by atoms with Crippen LogP contribution in [0.25, 0.3) is 0 Å². The summed E-state index contributed by atoms with van der Waals surface area (Å²) in [6, 6.07) is 9.19. The fourth-order valence-corrected chi connectivity index (χ4v) is 4.17. The Morgan fingerprint density at radius 1 is 1.28 bits per heavy atom. The van der Waals surface area contributed by atoms with Crippen molar-refractivity contribution in [3.8, 4) is 11.5 Å². The fourth-order valence-electron chi connectivity index (χ4n) is 3.44. The molecular weight excluding hydrogens is 390 g/mol. The number of hydrogen-bond acceptors (Lipinski definition) is 6. The molecular formula is C21H27N3O4S. The Morgan fingerprint density at radius 2 is 2.07 bits per heavy atom. The van der Waals surface area contributed by atoms with Gasteiger partial charge in [0.1, 0.15) is 0 Å². The monoisotopic (exact) mass is 417 g/mol. The van der Waals surface area contributed by atoms with Gasteiger partial charge in [0.25, 0.3) is 0 Å². The van der Waals surface area contributed by atoms with Crippen molar-refractivity contribution in [2.24, 2.45) is 0 Å². The summed E-state index contributed by atoms with van der Waals surface area (Å²) in [7, 11) is 4.92. The average molecular weight is 418 g/mol. The van der Waals surface area contributed by atoms with Gasteiger partial charge in [0.15, 0.2) is 11.5 Å². The molecule has 1 fully saturated rings. The van der Waals surface area contributed by atoms with E-state index in [1.54, 1.807) is 37.5 Å². The number of piperazine rings is 1.